The summed E-state index contributed by atoms with van der Waals surface area (Å²) in [5, 5.41) is 10.9. The standard InChI is InChI=1S/C13H12F2N4OS/c14-9-4-3-8(6-10(9)15)7-16-19-12(17-18-13(19)21)11-2-1-5-20-11/h3-4,6-7,11H,1-2,5H2,(H,18,21)/b16-7-/t11-/m0/s1. The molecule has 1 fully saturated rings. The van der Waals surface area contributed by atoms with Crippen LogP contribution in [-0.2, 0) is 4.74 Å². The van der Waals surface area contributed by atoms with E-state index in [9.17, 15) is 8.78 Å². The lowest BCUT2D eigenvalue weighted by Gasteiger charge is -2.07. The second-order valence-corrected chi connectivity index (χ2v) is 5.01. The van der Waals surface area contributed by atoms with Crippen molar-refractivity contribution in [2.45, 2.75) is 18.9 Å². The van der Waals surface area contributed by atoms with Crippen molar-refractivity contribution in [1.82, 2.24) is 14.9 Å². The average molecular weight is 310 g/mol. The first kappa shape index (κ1) is 14.0. The van der Waals surface area contributed by atoms with Crippen LogP contribution in [0.4, 0.5) is 8.78 Å². The van der Waals surface area contributed by atoms with Crippen molar-refractivity contribution in [3.8, 4) is 0 Å². The van der Waals surface area contributed by atoms with Crippen LogP contribution in [0.5, 0.6) is 0 Å². The molecule has 2 heterocycles. The minimum atomic E-state index is -0.922. The summed E-state index contributed by atoms with van der Waals surface area (Å²) in [7, 11) is 0. The Labute approximate surface area is 124 Å². The van der Waals surface area contributed by atoms with E-state index in [0.717, 1.165) is 25.0 Å². The average Bonchev–Trinajstić information content (AvgIpc) is 3.10. The van der Waals surface area contributed by atoms with Crippen LogP contribution in [0, 0.1) is 16.4 Å². The molecule has 2 aromatic rings. The third-order valence-corrected chi connectivity index (χ3v) is 3.42. The van der Waals surface area contributed by atoms with E-state index in [1.165, 1.54) is 17.0 Å². The van der Waals surface area contributed by atoms with Crippen LogP contribution < -0.4 is 0 Å². The first-order valence-corrected chi connectivity index (χ1v) is 6.84. The Bertz CT molecular complexity index is 734. The van der Waals surface area contributed by atoms with Gasteiger partial charge in [-0.05, 0) is 42.8 Å². The molecule has 3 rings (SSSR count). The summed E-state index contributed by atoms with van der Waals surface area (Å²) in [6.07, 6.45) is 3.05. The Hall–Kier alpha value is -1.93. The topological polar surface area (TPSA) is 55.2 Å². The minimum absolute atomic E-state index is 0.153. The van der Waals surface area contributed by atoms with E-state index < -0.39 is 11.6 Å². The fourth-order valence-corrected chi connectivity index (χ4v) is 2.31. The zero-order chi connectivity index (χ0) is 14.8. The van der Waals surface area contributed by atoms with E-state index in [1.807, 2.05) is 0 Å². The molecular weight excluding hydrogens is 298 g/mol. The zero-order valence-electron chi connectivity index (χ0n) is 10.9. The number of rotatable bonds is 3. The van der Waals surface area contributed by atoms with E-state index in [0.29, 0.717) is 22.8 Å². The van der Waals surface area contributed by atoms with Gasteiger partial charge >= 0.3 is 0 Å². The molecule has 0 spiro atoms. The van der Waals surface area contributed by atoms with Gasteiger partial charge in [0.15, 0.2) is 17.5 Å². The molecule has 1 saturated heterocycles. The van der Waals surface area contributed by atoms with Gasteiger partial charge in [-0.2, -0.15) is 14.9 Å². The first-order valence-electron chi connectivity index (χ1n) is 6.43. The van der Waals surface area contributed by atoms with Crippen molar-refractivity contribution in [2.24, 2.45) is 5.10 Å². The summed E-state index contributed by atoms with van der Waals surface area (Å²) in [6, 6.07) is 3.54. The SMILES string of the molecule is Fc1ccc(/C=N\n2c([C@@H]3CCCO3)n[nH]c2=S)cc1F. The number of H-pyrrole nitrogens is 1. The maximum absolute atomic E-state index is 13.1. The highest BCUT2D eigenvalue weighted by Crippen LogP contribution is 2.26. The van der Waals surface area contributed by atoms with Crippen LogP contribution in [0.2, 0.25) is 0 Å². The number of aromatic amines is 1. The Morgan fingerprint density at radius 2 is 2.29 bits per heavy atom. The van der Waals surface area contributed by atoms with Gasteiger partial charge in [-0.3, -0.25) is 5.10 Å². The molecule has 1 aromatic carbocycles. The summed E-state index contributed by atoms with van der Waals surface area (Å²) < 4.78 is 33.3. The van der Waals surface area contributed by atoms with Gasteiger partial charge in [-0.1, -0.05) is 6.07 Å². The molecule has 5 nitrogen and oxygen atoms in total. The summed E-state index contributed by atoms with van der Waals surface area (Å²) in [5.41, 5.74) is 0.426. The summed E-state index contributed by atoms with van der Waals surface area (Å²) in [6.45, 7) is 0.678. The summed E-state index contributed by atoms with van der Waals surface area (Å²) in [5.74, 6) is -1.24. The molecule has 1 aliphatic rings. The predicted molar refractivity (Wildman–Crippen MR) is 74.7 cm³/mol. The molecule has 1 aromatic heterocycles. The zero-order valence-corrected chi connectivity index (χ0v) is 11.7. The molecule has 0 saturated carbocycles. The van der Waals surface area contributed by atoms with E-state index in [2.05, 4.69) is 15.3 Å². The van der Waals surface area contributed by atoms with Crippen LogP contribution in [0.15, 0.2) is 23.3 Å². The van der Waals surface area contributed by atoms with Crippen LogP contribution in [0.1, 0.15) is 30.3 Å². The molecule has 1 atom stereocenters. The predicted octanol–water partition coefficient (Wildman–Crippen LogP) is 2.95. The molecule has 0 radical (unpaired) electrons. The second-order valence-electron chi connectivity index (χ2n) is 4.62. The Morgan fingerprint density at radius 3 is 3.00 bits per heavy atom. The van der Waals surface area contributed by atoms with Gasteiger partial charge in [0, 0.05) is 6.61 Å². The Kier molecular flexibility index (Phi) is 3.89. The van der Waals surface area contributed by atoms with Crippen LogP contribution in [0.3, 0.4) is 0 Å². The maximum atomic E-state index is 13.1. The molecule has 110 valence electrons. The van der Waals surface area contributed by atoms with Crippen LogP contribution >= 0.6 is 12.2 Å². The van der Waals surface area contributed by atoms with Crippen LogP contribution in [-0.4, -0.2) is 27.7 Å². The van der Waals surface area contributed by atoms with Crippen molar-refractivity contribution < 1.29 is 13.5 Å². The van der Waals surface area contributed by atoms with E-state index >= 15 is 0 Å². The second kappa shape index (κ2) is 5.82. The molecule has 0 bridgehead atoms. The number of ether oxygens (including phenoxy) is 1. The number of aromatic nitrogens is 3. The van der Waals surface area contributed by atoms with E-state index in [-0.39, 0.29) is 6.10 Å². The smallest absolute Gasteiger partial charge is 0.216 e. The van der Waals surface area contributed by atoms with Gasteiger partial charge in [0.1, 0.15) is 6.10 Å². The van der Waals surface area contributed by atoms with Crippen molar-refractivity contribution in [3.05, 3.63) is 46.0 Å². The number of hydrogen-bond acceptors (Lipinski definition) is 4. The summed E-state index contributed by atoms with van der Waals surface area (Å²) in [4.78, 5) is 0. The lowest BCUT2D eigenvalue weighted by molar-refractivity contribution is 0.102. The van der Waals surface area contributed by atoms with Crippen molar-refractivity contribution in [3.63, 3.8) is 0 Å². The quantitative estimate of drug-likeness (QED) is 0.700. The normalized spacial score (nSPS) is 18.7. The van der Waals surface area contributed by atoms with Crippen molar-refractivity contribution in [1.29, 1.82) is 0 Å². The lowest BCUT2D eigenvalue weighted by atomic mass is 10.2. The molecule has 0 amide bonds. The first-order chi connectivity index (χ1) is 10.1. The number of hydrogen-bond donors (Lipinski definition) is 1. The molecular formula is C13H12F2N4OS. The molecule has 0 unspecified atom stereocenters. The van der Waals surface area contributed by atoms with Gasteiger partial charge < -0.3 is 4.74 Å². The number of benzene rings is 1. The fourth-order valence-electron chi connectivity index (χ4n) is 2.12. The highest BCUT2D eigenvalue weighted by Gasteiger charge is 2.23. The van der Waals surface area contributed by atoms with Crippen LogP contribution in [0.25, 0.3) is 0 Å². The van der Waals surface area contributed by atoms with Gasteiger partial charge in [-0.15, -0.1) is 0 Å². The Balaban J connectivity index is 1.90. The molecule has 1 aliphatic heterocycles. The molecule has 1 N–H and O–H groups in total. The highest BCUT2D eigenvalue weighted by molar-refractivity contribution is 7.71. The largest absolute Gasteiger partial charge is 0.370 e. The third-order valence-electron chi connectivity index (χ3n) is 3.16. The van der Waals surface area contributed by atoms with Gasteiger partial charge in [0.2, 0.25) is 4.77 Å². The molecule has 0 aliphatic carbocycles. The van der Waals surface area contributed by atoms with Gasteiger partial charge in [-0.25, -0.2) is 8.78 Å². The third kappa shape index (κ3) is 2.91. The number of nitrogens with one attached hydrogen (secondary N) is 1. The van der Waals surface area contributed by atoms with Crippen molar-refractivity contribution in [2.75, 3.05) is 6.61 Å². The minimum Gasteiger partial charge on any atom is -0.370 e. The monoisotopic (exact) mass is 310 g/mol. The van der Waals surface area contributed by atoms with Gasteiger partial charge in [0.25, 0.3) is 0 Å². The maximum Gasteiger partial charge on any atom is 0.216 e. The van der Waals surface area contributed by atoms with Gasteiger partial charge in [0.05, 0.1) is 6.21 Å². The van der Waals surface area contributed by atoms with E-state index in [4.69, 9.17) is 17.0 Å². The van der Waals surface area contributed by atoms with E-state index in [1.54, 1.807) is 0 Å². The Morgan fingerprint density at radius 1 is 1.43 bits per heavy atom. The lowest BCUT2D eigenvalue weighted by Crippen LogP contribution is -2.05. The molecule has 8 heteroatoms. The highest BCUT2D eigenvalue weighted by atomic mass is 32.1. The molecule has 21 heavy (non-hydrogen) atoms. The van der Waals surface area contributed by atoms with Crippen molar-refractivity contribution >= 4 is 18.4 Å². The number of halogens is 2. The summed E-state index contributed by atoms with van der Waals surface area (Å²) >= 11 is 5.11. The fraction of sp³-hybridized carbons (Fsp3) is 0.308. The number of nitrogens with zero attached hydrogens (tertiary/aromatic N) is 3.